The van der Waals surface area contributed by atoms with Crippen LogP contribution in [0.2, 0.25) is 0 Å². The molecule has 1 fully saturated rings. The fourth-order valence-corrected chi connectivity index (χ4v) is 3.98. The van der Waals surface area contributed by atoms with E-state index in [1.807, 2.05) is 13.0 Å². The van der Waals surface area contributed by atoms with Crippen LogP contribution >= 0.6 is 0 Å². The minimum atomic E-state index is -0.618. The van der Waals surface area contributed by atoms with Crippen molar-refractivity contribution in [2.24, 2.45) is 5.92 Å². The number of allylic oxidation sites excluding steroid dienone is 1. The Bertz CT molecular complexity index is 783. The lowest BCUT2D eigenvalue weighted by molar-refractivity contribution is -0.141. The van der Waals surface area contributed by atoms with Gasteiger partial charge in [0.2, 0.25) is 0 Å². The van der Waals surface area contributed by atoms with Crippen LogP contribution in [0.3, 0.4) is 0 Å². The average molecular weight is 402 g/mol. The molecule has 0 unspecified atom stereocenters. The van der Waals surface area contributed by atoms with E-state index in [9.17, 15) is 9.59 Å². The van der Waals surface area contributed by atoms with Crippen LogP contribution in [0.4, 0.5) is 4.79 Å². The van der Waals surface area contributed by atoms with Crippen LogP contribution in [-0.4, -0.2) is 32.3 Å². The summed E-state index contributed by atoms with van der Waals surface area (Å²) in [6.45, 7) is 4.54. The Hall–Kier alpha value is -2.70. The molecule has 1 aliphatic carbocycles. The first-order valence-electron chi connectivity index (χ1n) is 10.3. The van der Waals surface area contributed by atoms with Gasteiger partial charge in [0.1, 0.15) is 0 Å². The van der Waals surface area contributed by atoms with Gasteiger partial charge in [0.15, 0.2) is 11.5 Å². The fourth-order valence-electron chi connectivity index (χ4n) is 3.98. The van der Waals surface area contributed by atoms with Crippen molar-refractivity contribution in [3.63, 3.8) is 0 Å². The maximum absolute atomic E-state index is 12.9. The van der Waals surface area contributed by atoms with Gasteiger partial charge in [0.05, 0.1) is 31.9 Å². The molecule has 1 heterocycles. The lowest BCUT2D eigenvalue weighted by Gasteiger charge is -2.29. The van der Waals surface area contributed by atoms with Crippen molar-refractivity contribution in [3.05, 3.63) is 35.0 Å². The van der Waals surface area contributed by atoms with Gasteiger partial charge >= 0.3 is 12.0 Å². The maximum atomic E-state index is 12.9. The highest BCUT2D eigenvalue weighted by atomic mass is 16.5. The molecule has 3 rings (SSSR count). The Morgan fingerprint density at radius 1 is 1.17 bits per heavy atom. The Morgan fingerprint density at radius 2 is 1.93 bits per heavy atom. The third-order valence-electron chi connectivity index (χ3n) is 5.48. The monoisotopic (exact) mass is 402 g/mol. The number of amides is 2. The van der Waals surface area contributed by atoms with Crippen LogP contribution in [0.15, 0.2) is 29.5 Å². The van der Waals surface area contributed by atoms with E-state index in [-0.39, 0.29) is 6.03 Å². The molecule has 7 heteroatoms. The van der Waals surface area contributed by atoms with Crippen molar-refractivity contribution in [1.82, 2.24) is 10.6 Å². The van der Waals surface area contributed by atoms with E-state index < -0.39 is 12.0 Å². The van der Waals surface area contributed by atoms with E-state index in [2.05, 4.69) is 10.6 Å². The van der Waals surface area contributed by atoms with Crippen molar-refractivity contribution in [2.75, 3.05) is 20.3 Å². The summed E-state index contributed by atoms with van der Waals surface area (Å²) in [5.74, 6) is 1.17. The molecule has 0 aromatic heterocycles. The number of carbonyl (C=O) groups excluding carboxylic acids is 2. The number of ether oxygens (including phenoxy) is 3. The molecule has 2 N–H and O–H groups in total. The van der Waals surface area contributed by atoms with Crippen LogP contribution in [0.25, 0.3) is 0 Å². The van der Waals surface area contributed by atoms with E-state index in [4.69, 9.17) is 14.2 Å². The van der Waals surface area contributed by atoms with Gasteiger partial charge in [-0.3, -0.25) is 0 Å². The van der Waals surface area contributed by atoms with Crippen LogP contribution in [0.5, 0.6) is 11.5 Å². The number of carbonyl (C=O) groups is 2. The number of hydrogen-bond acceptors (Lipinski definition) is 5. The molecule has 7 nitrogen and oxygen atoms in total. The topological polar surface area (TPSA) is 85.9 Å². The zero-order valence-corrected chi connectivity index (χ0v) is 17.4. The van der Waals surface area contributed by atoms with Gasteiger partial charge in [-0.15, -0.1) is 0 Å². The molecule has 1 aromatic carbocycles. The Morgan fingerprint density at radius 3 is 2.62 bits per heavy atom. The fraction of sp³-hybridized carbons (Fsp3) is 0.545. The van der Waals surface area contributed by atoms with Crippen LogP contribution in [0, 0.1) is 5.92 Å². The molecule has 1 aromatic rings. The molecule has 1 atom stereocenters. The van der Waals surface area contributed by atoms with E-state index in [1.54, 1.807) is 26.2 Å². The van der Waals surface area contributed by atoms with Gasteiger partial charge in [0.25, 0.3) is 0 Å². The summed E-state index contributed by atoms with van der Waals surface area (Å²) in [4.78, 5) is 25.0. The zero-order valence-electron chi connectivity index (χ0n) is 17.4. The number of nitrogens with one attached hydrogen (secondary N) is 2. The van der Waals surface area contributed by atoms with Gasteiger partial charge in [0, 0.05) is 5.70 Å². The number of hydrogen-bond donors (Lipinski definition) is 2. The van der Waals surface area contributed by atoms with Gasteiger partial charge < -0.3 is 24.8 Å². The quantitative estimate of drug-likeness (QED) is 0.677. The molecular formula is C22H30N2O5. The van der Waals surface area contributed by atoms with Crippen molar-refractivity contribution in [1.29, 1.82) is 0 Å². The smallest absolute Gasteiger partial charge is 0.338 e. The molecule has 0 saturated heterocycles. The largest absolute Gasteiger partial charge is 0.493 e. The van der Waals surface area contributed by atoms with Gasteiger partial charge in [-0.25, -0.2) is 9.59 Å². The number of urea groups is 1. The Labute approximate surface area is 171 Å². The minimum Gasteiger partial charge on any atom is -0.493 e. The second-order valence-electron chi connectivity index (χ2n) is 7.52. The average Bonchev–Trinajstić information content (AvgIpc) is 2.72. The molecule has 2 amide bonds. The molecule has 0 bridgehead atoms. The van der Waals surface area contributed by atoms with E-state index >= 15 is 0 Å². The number of methoxy groups -OCH3 is 1. The Balaban J connectivity index is 1.82. The molecule has 0 spiro atoms. The van der Waals surface area contributed by atoms with Crippen molar-refractivity contribution in [2.45, 2.75) is 52.0 Å². The summed E-state index contributed by atoms with van der Waals surface area (Å²) in [6, 6.07) is 4.41. The lowest BCUT2D eigenvalue weighted by atomic mass is 9.90. The third-order valence-corrected chi connectivity index (χ3v) is 5.48. The van der Waals surface area contributed by atoms with Crippen molar-refractivity contribution in [3.8, 4) is 11.5 Å². The molecule has 1 aliphatic heterocycles. The van der Waals surface area contributed by atoms with Crippen molar-refractivity contribution >= 4 is 12.0 Å². The summed E-state index contributed by atoms with van der Waals surface area (Å²) < 4.78 is 16.6. The third kappa shape index (κ3) is 5.02. The highest BCUT2D eigenvalue weighted by Gasteiger charge is 2.33. The Kier molecular flexibility index (Phi) is 7.01. The van der Waals surface area contributed by atoms with Gasteiger partial charge in [-0.1, -0.05) is 25.3 Å². The first kappa shape index (κ1) is 21.0. The van der Waals surface area contributed by atoms with Crippen LogP contribution in [0.1, 0.15) is 57.6 Å². The van der Waals surface area contributed by atoms with E-state index in [1.165, 1.54) is 19.3 Å². The SMILES string of the molecule is CCOc1ccc([C@@H]2NC(=O)NC(C)=C2C(=O)OCC2CCCCC2)cc1OC. The van der Waals surface area contributed by atoms with Crippen molar-refractivity contribution < 1.29 is 23.8 Å². The van der Waals surface area contributed by atoms with Crippen LogP contribution < -0.4 is 20.1 Å². The molecule has 29 heavy (non-hydrogen) atoms. The molecule has 1 saturated carbocycles. The summed E-state index contributed by atoms with van der Waals surface area (Å²) >= 11 is 0. The van der Waals surface area contributed by atoms with Gasteiger partial charge in [-0.2, -0.15) is 0 Å². The summed E-state index contributed by atoms with van der Waals surface area (Å²) in [7, 11) is 1.56. The summed E-state index contributed by atoms with van der Waals surface area (Å²) in [6.07, 6.45) is 5.83. The molecule has 2 aliphatic rings. The predicted octanol–water partition coefficient (Wildman–Crippen LogP) is 3.85. The summed E-state index contributed by atoms with van der Waals surface area (Å²) in [5, 5.41) is 5.51. The maximum Gasteiger partial charge on any atom is 0.338 e. The normalized spacial score (nSPS) is 20.0. The van der Waals surface area contributed by atoms with Crippen LogP contribution in [-0.2, 0) is 9.53 Å². The number of esters is 1. The predicted molar refractivity (Wildman–Crippen MR) is 109 cm³/mol. The first-order chi connectivity index (χ1) is 14.0. The highest BCUT2D eigenvalue weighted by Crippen LogP contribution is 2.35. The first-order valence-corrected chi connectivity index (χ1v) is 10.3. The molecular weight excluding hydrogens is 372 g/mol. The molecule has 158 valence electrons. The number of rotatable bonds is 7. The van der Waals surface area contributed by atoms with E-state index in [0.29, 0.717) is 41.9 Å². The molecule has 0 radical (unpaired) electrons. The van der Waals surface area contributed by atoms with E-state index in [0.717, 1.165) is 18.4 Å². The highest BCUT2D eigenvalue weighted by molar-refractivity contribution is 5.95. The zero-order chi connectivity index (χ0) is 20.8. The minimum absolute atomic E-state index is 0.357. The van der Waals surface area contributed by atoms with Gasteiger partial charge in [-0.05, 0) is 50.3 Å². The standard InChI is InChI=1S/C22H30N2O5/c1-4-28-17-11-10-16(12-18(17)27-3)20-19(14(2)23-22(26)24-20)21(25)29-13-15-8-6-5-7-9-15/h10-12,15,20H,4-9,13H2,1-3H3,(H2,23,24,26)/t20-/m0/s1. The lowest BCUT2D eigenvalue weighted by Crippen LogP contribution is -2.45. The number of benzene rings is 1. The second kappa shape index (κ2) is 9.67. The second-order valence-corrected chi connectivity index (χ2v) is 7.52. The summed E-state index contributed by atoms with van der Waals surface area (Å²) in [5.41, 5.74) is 1.64.